The minimum absolute atomic E-state index is 0.247. The van der Waals surface area contributed by atoms with Crippen LogP contribution in [0.5, 0.6) is 0 Å². The predicted molar refractivity (Wildman–Crippen MR) is 71.1 cm³/mol. The molecule has 0 spiro atoms. The van der Waals surface area contributed by atoms with Gasteiger partial charge in [0.15, 0.2) is 0 Å². The minimum Gasteiger partial charge on any atom is -0.393 e. The Balaban J connectivity index is 2.31. The second-order valence-corrected chi connectivity index (χ2v) is 4.58. The van der Waals surface area contributed by atoms with Gasteiger partial charge in [0.05, 0.1) is 6.10 Å². The van der Waals surface area contributed by atoms with Crippen molar-refractivity contribution in [2.24, 2.45) is 5.73 Å². The standard InChI is InChI=1S/C14H20N2O/c1-10(17)5-6-11-3-2-4-13-12(7-8-15)9-16-14(11)13/h2-4,9-10,16-17H,5-8,15H2,1H3. The van der Waals surface area contributed by atoms with Gasteiger partial charge in [-0.15, -0.1) is 0 Å². The van der Waals surface area contributed by atoms with Gasteiger partial charge in [-0.05, 0) is 43.9 Å². The molecule has 0 aliphatic heterocycles. The van der Waals surface area contributed by atoms with E-state index >= 15 is 0 Å². The third kappa shape index (κ3) is 2.68. The Labute approximate surface area is 102 Å². The molecule has 0 aliphatic rings. The molecule has 0 bridgehead atoms. The summed E-state index contributed by atoms with van der Waals surface area (Å²) in [4.78, 5) is 3.33. The third-order valence-electron chi connectivity index (χ3n) is 3.13. The van der Waals surface area contributed by atoms with Crippen LogP contribution in [0, 0.1) is 0 Å². The molecule has 2 rings (SSSR count). The third-order valence-corrected chi connectivity index (χ3v) is 3.13. The molecule has 1 unspecified atom stereocenters. The molecule has 3 nitrogen and oxygen atoms in total. The van der Waals surface area contributed by atoms with Crippen LogP contribution in [0.25, 0.3) is 10.9 Å². The molecule has 17 heavy (non-hydrogen) atoms. The molecule has 1 aromatic heterocycles. The average molecular weight is 232 g/mol. The molecule has 0 saturated carbocycles. The van der Waals surface area contributed by atoms with Crippen LogP contribution in [0.15, 0.2) is 24.4 Å². The van der Waals surface area contributed by atoms with Gasteiger partial charge in [0.2, 0.25) is 0 Å². The summed E-state index contributed by atoms with van der Waals surface area (Å²) in [5.74, 6) is 0. The van der Waals surface area contributed by atoms with Crippen molar-refractivity contribution < 1.29 is 5.11 Å². The van der Waals surface area contributed by atoms with E-state index in [4.69, 9.17) is 5.73 Å². The monoisotopic (exact) mass is 232 g/mol. The van der Waals surface area contributed by atoms with E-state index in [1.54, 1.807) is 0 Å². The van der Waals surface area contributed by atoms with E-state index in [9.17, 15) is 5.11 Å². The highest BCUT2D eigenvalue weighted by atomic mass is 16.3. The van der Waals surface area contributed by atoms with Crippen LogP contribution in [0.4, 0.5) is 0 Å². The molecule has 0 fully saturated rings. The van der Waals surface area contributed by atoms with Crippen LogP contribution >= 0.6 is 0 Å². The highest BCUT2D eigenvalue weighted by Gasteiger charge is 2.07. The van der Waals surface area contributed by atoms with Crippen molar-refractivity contribution in [1.82, 2.24) is 4.98 Å². The van der Waals surface area contributed by atoms with Crippen LogP contribution in [0.3, 0.4) is 0 Å². The number of hydrogen-bond donors (Lipinski definition) is 3. The molecule has 2 aromatic rings. The number of aryl methyl sites for hydroxylation is 1. The summed E-state index contributed by atoms with van der Waals surface area (Å²) >= 11 is 0. The van der Waals surface area contributed by atoms with E-state index in [2.05, 4.69) is 23.2 Å². The van der Waals surface area contributed by atoms with E-state index in [-0.39, 0.29) is 6.10 Å². The van der Waals surface area contributed by atoms with Gasteiger partial charge in [-0.1, -0.05) is 18.2 Å². The first-order valence-corrected chi connectivity index (χ1v) is 6.18. The maximum atomic E-state index is 9.35. The Bertz CT molecular complexity index is 488. The van der Waals surface area contributed by atoms with Crippen molar-refractivity contribution in [1.29, 1.82) is 0 Å². The number of nitrogens with two attached hydrogens (primary N) is 1. The topological polar surface area (TPSA) is 62.0 Å². The maximum absolute atomic E-state index is 9.35. The second-order valence-electron chi connectivity index (χ2n) is 4.58. The Morgan fingerprint density at radius 3 is 2.82 bits per heavy atom. The van der Waals surface area contributed by atoms with E-state index in [1.807, 2.05) is 13.1 Å². The molecule has 0 radical (unpaired) electrons. The molecule has 0 aliphatic carbocycles. The normalized spacial score (nSPS) is 13.1. The largest absolute Gasteiger partial charge is 0.393 e. The molecular formula is C14H20N2O. The van der Waals surface area contributed by atoms with Crippen molar-refractivity contribution >= 4 is 10.9 Å². The van der Waals surface area contributed by atoms with E-state index in [1.165, 1.54) is 22.0 Å². The van der Waals surface area contributed by atoms with Gasteiger partial charge < -0.3 is 15.8 Å². The first-order chi connectivity index (χ1) is 8.22. The zero-order chi connectivity index (χ0) is 12.3. The van der Waals surface area contributed by atoms with Gasteiger partial charge >= 0.3 is 0 Å². The minimum atomic E-state index is -0.247. The molecule has 3 heteroatoms. The van der Waals surface area contributed by atoms with Crippen LogP contribution in [-0.4, -0.2) is 22.7 Å². The Kier molecular flexibility index (Phi) is 3.82. The molecule has 4 N–H and O–H groups in total. The lowest BCUT2D eigenvalue weighted by molar-refractivity contribution is 0.185. The fourth-order valence-corrected chi connectivity index (χ4v) is 2.21. The van der Waals surface area contributed by atoms with Crippen molar-refractivity contribution in [2.45, 2.75) is 32.3 Å². The predicted octanol–water partition coefficient (Wildman–Crippen LogP) is 1.98. The number of aromatic nitrogens is 1. The fraction of sp³-hybridized carbons (Fsp3) is 0.429. The Morgan fingerprint density at radius 1 is 1.29 bits per heavy atom. The first-order valence-electron chi connectivity index (χ1n) is 6.18. The molecule has 92 valence electrons. The summed E-state index contributed by atoms with van der Waals surface area (Å²) in [6.07, 6.45) is 4.40. The van der Waals surface area contributed by atoms with Gasteiger partial charge in [0.25, 0.3) is 0 Å². The average Bonchev–Trinajstić information content (AvgIpc) is 2.71. The summed E-state index contributed by atoms with van der Waals surface area (Å²) in [5.41, 5.74) is 9.34. The van der Waals surface area contributed by atoms with Gasteiger partial charge in [0.1, 0.15) is 0 Å². The van der Waals surface area contributed by atoms with Crippen LogP contribution in [-0.2, 0) is 12.8 Å². The highest BCUT2D eigenvalue weighted by Crippen LogP contribution is 2.23. The number of H-pyrrole nitrogens is 1. The molecule has 1 aromatic carbocycles. The van der Waals surface area contributed by atoms with Gasteiger partial charge in [-0.2, -0.15) is 0 Å². The number of benzene rings is 1. The SMILES string of the molecule is CC(O)CCc1cccc2c(CCN)c[nH]c12. The summed E-state index contributed by atoms with van der Waals surface area (Å²) in [6.45, 7) is 2.50. The fourth-order valence-electron chi connectivity index (χ4n) is 2.21. The number of aromatic amines is 1. The second kappa shape index (κ2) is 5.34. The molecule has 1 heterocycles. The molecule has 0 amide bonds. The number of fused-ring (bicyclic) bond motifs is 1. The zero-order valence-corrected chi connectivity index (χ0v) is 10.2. The zero-order valence-electron chi connectivity index (χ0n) is 10.2. The lowest BCUT2D eigenvalue weighted by Gasteiger charge is -2.06. The summed E-state index contributed by atoms with van der Waals surface area (Å²) < 4.78 is 0. The Morgan fingerprint density at radius 2 is 2.12 bits per heavy atom. The van der Waals surface area contributed by atoms with Gasteiger partial charge in [0, 0.05) is 17.1 Å². The smallest absolute Gasteiger partial charge is 0.0515 e. The first kappa shape index (κ1) is 12.1. The number of hydrogen-bond acceptors (Lipinski definition) is 2. The molecule has 1 atom stereocenters. The molecule has 0 saturated heterocycles. The summed E-state index contributed by atoms with van der Waals surface area (Å²) in [7, 11) is 0. The number of aliphatic hydroxyl groups is 1. The van der Waals surface area contributed by atoms with Gasteiger partial charge in [-0.3, -0.25) is 0 Å². The highest BCUT2D eigenvalue weighted by molar-refractivity contribution is 5.86. The number of aliphatic hydroxyl groups excluding tert-OH is 1. The molecular weight excluding hydrogens is 212 g/mol. The van der Waals surface area contributed by atoms with E-state index in [0.717, 1.165) is 19.3 Å². The number of rotatable bonds is 5. The summed E-state index contributed by atoms with van der Waals surface area (Å²) in [5, 5.41) is 10.6. The van der Waals surface area contributed by atoms with E-state index in [0.29, 0.717) is 6.54 Å². The van der Waals surface area contributed by atoms with Crippen molar-refractivity contribution in [3.63, 3.8) is 0 Å². The van der Waals surface area contributed by atoms with Crippen molar-refractivity contribution in [3.8, 4) is 0 Å². The summed E-state index contributed by atoms with van der Waals surface area (Å²) in [6, 6.07) is 6.32. The van der Waals surface area contributed by atoms with E-state index < -0.39 is 0 Å². The van der Waals surface area contributed by atoms with Crippen molar-refractivity contribution in [2.75, 3.05) is 6.54 Å². The maximum Gasteiger partial charge on any atom is 0.0515 e. The lowest BCUT2D eigenvalue weighted by Crippen LogP contribution is -2.02. The van der Waals surface area contributed by atoms with Crippen LogP contribution < -0.4 is 5.73 Å². The van der Waals surface area contributed by atoms with Crippen LogP contribution in [0.2, 0.25) is 0 Å². The number of para-hydroxylation sites is 1. The van der Waals surface area contributed by atoms with Crippen molar-refractivity contribution in [3.05, 3.63) is 35.5 Å². The van der Waals surface area contributed by atoms with Crippen LogP contribution in [0.1, 0.15) is 24.5 Å². The Hall–Kier alpha value is -1.32. The number of nitrogens with one attached hydrogen (secondary N) is 1. The lowest BCUT2D eigenvalue weighted by atomic mass is 10.0. The quantitative estimate of drug-likeness (QED) is 0.738. The van der Waals surface area contributed by atoms with Gasteiger partial charge in [-0.25, -0.2) is 0 Å².